The minimum Gasteiger partial charge on any atom is -0.308 e. The zero-order valence-corrected chi connectivity index (χ0v) is 53.7. The molecule has 0 N–H and O–H groups in total. The van der Waals surface area contributed by atoms with Gasteiger partial charge >= 0.3 is 0 Å². The van der Waals surface area contributed by atoms with Gasteiger partial charge in [-0.05, 0) is 149 Å². The van der Waals surface area contributed by atoms with Crippen LogP contribution in [0.1, 0.15) is 64.6 Å². The Kier molecular flexibility index (Phi) is 14.1. The van der Waals surface area contributed by atoms with Gasteiger partial charge < -0.3 is 13.7 Å². The second-order valence-electron chi connectivity index (χ2n) is 24.8. The summed E-state index contributed by atoms with van der Waals surface area (Å²) < 4.78 is 14.4. The summed E-state index contributed by atoms with van der Waals surface area (Å²) in [7, 11) is 0. The molecule has 95 heavy (non-hydrogen) atoms. The van der Waals surface area contributed by atoms with Gasteiger partial charge in [0.2, 0.25) is 0 Å². The van der Waals surface area contributed by atoms with Gasteiger partial charge in [0.25, 0.3) is 0 Å². The molecule has 9 heteroatoms. The first-order chi connectivity index (χ1) is 46.9. The van der Waals surface area contributed by atoms with Gasteiger partial charge in [-0.3, -0.25) is 13.7 Å². The van der Waals surface area contributed by atoms with E-state index < -0.39 is 0 Å². The van der Waals surface area contributed by atoms with Crippen LogP contribution in [0.15, 0.2) is 267 Å². The minimum absolute atomic E-state index is 0.823. The molecule has 0 unspecified atom stereocenters. The number of pyridine rings is 3. The Morgan fingerprint density at radius 1 is 0.411 bits per heavy atom. The summed E-state index contributed by atoms with van der Waals surface area (Å²) in [5.41, 5.74) is 17.9. The van der Waals surface area contributed by atoms with Crippen LogP contribution >= 0.6 is 0 Å². The van der Waals surface area contributed by atoms with E-state index in [4.69, 9.17) is 15.0 Å². The van der Waals surface area contributed by atoms with Crippen molar-refractivity contribution in [3.63, 3.8) is 0 Å². The van der Waals surface area contributed by atoms with E-state index in [2.05, 4.69) is 290 Å². The lowest BCUT2D eigenvalue weighted by Gasteiger charge is -2.14. The normalized spacial score (nSPS) is 13.0. The fourth-order valence-corrected chi connectivity index (χ4v) is 15.4. The highest BCUT2D eigenvalue weighted by Gasteiger charge is 2.30. The number of para-hydroxylation sites is 7. The molecule has 19 rings (SSSR count). The Labute approximate surface area is 550 Å². The molecule has 9 nitrogen and oxygen atoms in total. The zero-order valence-electron chi connectivity index (χ0n) is 53.7. The molecule has 0 radical (unpaired) electrons. The van der Waals surface area contributed by atoms with Crippen LogP contribution < -0.4 is 10.6 Å². The highest BCUT2D eigenvalue weighted by molar-refractivity contribution is 6.40. The SMILES string of the molecule is C/C=C\CC.C1=Cc2c(c3c(n2-c2ccc(-n4c5ccccc5c5c4c4c6ccccc6n(-c6ccc(-n7c8ccccc8c8ccccc87)cn6)c4c4c6ccccc6n(-c6ccc(-n7c8ccccc8c8ccccc87)cn6)c54)nc2)=CCCC=3)CC1.C=C(C)/C=C\C. The van der Waals surface area contributed by atoms with Crippen LogP contribution in [0.2, 0.25) is 0 Å². The summed E-state index contributed by atoms with van der Waals surface area (Å²) in [6.07, 6.45) is 29.2. The molecule has 8 aromatic carbocycles. The molecular weight excluding hydrogens is 1160 g/mol. The maximum Gasteiger partial charge on any atom is 0.137 e. The summed E-state index contributed by atoms with van der Waals surface area (Å²) in [5, 5.41) is 14.3. The van der Waals surface area contributed by atoms with Gasteiger partial charge in [-0.15, -0.1) is 0 Å². The van der Waals surface area contributed by atoms with E-state index in [9.17, 15) is 0 Å². The Morgan fingerprint density at radius 3 is 1.09 bits per heavy atom. The fourth-order valence-electron chi connectivity index (χ4n) is 15.4. The van der Waals surface area contributed by atoms with Gasteiger partial charge in [-0.25, -0.2) is 15.0 Å². The molecule has 0 amide bonds. The van der Waals surface area contributed by atoms with Gasteiger partial charge in [0.05, 0.1) is 90.8 Å². The number of rotatable bonds is 8. The summed E-state index contributed by atoms with van der Waals surface area (Å²) in [5.74, 6) is 2.49. The van der Waals surface area contributed by atoms with Crippen molar-refractivity contribution in [1.82, 2.24) is 42.4 Å². The number of hydrogen-bond acceptors (Lipinski definition) is 3. The second-order valence-corrected chi connectivity index (χ2v) is 24.8. The van der Waals surface area contributed by atoms with Crippen LogP contribution in [0.25, 0.3) is 162 Å². The van der Waals surface area contributed by atoms with Crippen LogP contribution in [0.3, 0.4) is 0 Å². The molecule has 0 saturated carbocycles. The summed E-state index contributed by atoms with van der Waals surface area (Å²) in [6.45, 7) is 11.8. The lowest BCUT2D eigenvalue weighted by Crippen LogP contribution is -2.31. The molecule has 0 fully saturated rings. The van der Waals surface area contributed by atoms with E-state index in [1.807, 2.05) is 45.3 Å². The third kappa shape index (κ3) is 9.01. The lowest BCUT2D eigenvalue weighted by atomic mass is 10.0. The van der Waals surface area contributed by atoms with Crippen molar-refractivity contribution < 1.29 is 0 Å². The number of allylic oxidation sites excluding steroid dienone is 6. The first-order valence-electron chi connectivity index (χ1n) is 33.2. The predicted molar refractivity (Wildman–Crippen MR) is 400 cm³/mol. The second kappa shape index (κ2) is 23.4. The maximum absolute atomic E-state index is 5.54. The molecule has 0 aliphatic heterocycles. The van der Waals surface area contributed by atoms with E-state index in [1.54, 1.807) is 0 Å². The number of benzene rings is 8. The van der Waals surface area contributed by atoms with Gasteiger partial charge in [-0.2, -0.15) is 0 Å². The Hall–Kier alpha value is -11.8. The Balaban J connectivity index is 0.000000578. The molecule has 0 atom stereocenters. The van der Waals surface area contributed by atoms with E-state index >= 15 is 0 Å². The first-order valence-corrected chi connectivity index (χ1v) is 33.2. The first kappa shape index (κ1) is 57.1. The molecule has 0 bridgehead atoms. The number of nitrogens with zero attached hydrogens (tertiary/aromatic N) is 9. The molecule has 458 valence electrons. The van der Waals surface area contributed by atoms with Crippen molar-refractivity contribution in [2.75, 3.05) is 0 Å². The number of aromatic nitrogens is 9. The predicted octanol–water partition coefficient (Wildman–Crippen LogP) is 20.6. The average Bonchev–Trinajstić information content (AvgIpc) is 1.51. The fraction of sp³-hybridized carbons (Fsp3) is 0.105. The lowest BCUT2D eigenvalue weighted by molar-refractivity contribution is 0.940. The van der Waals surface area contributed by atoms with Crippen molar-refractivity contribution in [2.24, 2.45) is 0 Å². The van der Waals surface area contributed by atoms with Crippen molar-refractivity contribution in [3.8, 4) is 34.5 Å². The van der Waals surface area contributed by atoms with E-state index in [0.29, 0.717) is 0 Å². The van der Waals surface area contributed by atoms with Crippen LogP contribution in [-0.4, -0.2) is 42.4 Å². The van der Waals surface area contributed by atoms with E-state index in [-0.39, 0.29) is 0 Å². The number of fused-ring (bicyclic) bond motifs is 21. The van der Waals surface area contributed by atoms with Crippen LogP contribution in [0, 0.1) is 0 Å². The molecule has 2 aliphatic carbocycles. The van der Waals surface area contributed by atoms with Crippen LogP contribution in [0.5, 0.6) is 0 Å². The highest BCUT2D eigenvalue weighted by Crippen LogP contribution is 2.50. The number of hydrogen-bond donors (Lipinski definition) is 0. The van der Waals surface area contributed by atoms with Crippen molar-refractivity contribution in [3.05, 3.63) is 289 Å². The summed E-state index contributed by atoms with van der Waals surface area (Å²) in [4.78, 5) is 16.6. The van der Waals surface area contributed by atoms with Crippen molar-refractivity contribution in [1.29, 1.82) is 0 Å². The Bertz CT molecular complexity index is 5870. The van der Waals surface area contributed by atoms with Crippen molar-refractivity contribution in [2.45, 2.75) is 59.8 Å². The van der Waals surface area contributed by atoms with Gasteiger partial charge in [-0.1, -0.05) is 189 Å². The van der Waals surface area contributed by atoms with Crippen molar-refractivity contribution >= 4 is 127 Å². The molecular formula is C86H69N9. The highest BCUT2D eigenvalue weighted by atomic mass is 15.1. The zero-order chi connectivity index (χ0) is 63.8. The molecule has 2 aliphatic rings. The smallest absolute Gasteiger partial charge is 0.137 e. The Morgan fingerprint density at radius 2 is 0.768 bits per heavy atom. The van der Waals surface area contributed by atoms with Crippen LogP contribution in [-0.2, 0) is 6.42 Å². The molecule has 17 aromatic rings. The molecule has 0 saturated heterocycles. The van der Waals surface area contributed by atoms with E-state index in [0.717, 1.165) is 160 Å². The maximum atomic E-state index is 5.54. The largest absolute Gasteiger partial charge is 0.308 e. The topological polar surface area (TPSA) is 68.2 Å². The van der Waals surface area contributed by atoms with E-state index in [1.165, 1.54) is 43.4 Å². The summed E-state index contributed by atoms with van der Waals surface area (Å²) >= 11 is 0. The quantitative estimate of drug-likeness (QED) is 0.112. The summed E-state index contributed by atoms with van der Waals surface area (Å²) in [6, 6.07) is 74.7. The van der Waals surface area contributed by atoms with Gasteiger partial charge in [0.1, 0.15) is 17.5 Å². The standard InChI is InChI=1S/C75H49N9.C6H10.C5H10/c1-10-28-58-49(19-1)50-20-2-11-29-59(50)79(58)46-37-40-67(76-43-46)82-64-34-16-7-25-55(64)70-73(82)71-56-26-8-17-35-65(56)83(68-41-38-47(44-77-68)80-60-30-12-3-21-51(60)52-22-4-13-31-61(52)80)75(71)72-57-27-9-18-36-66(57)84(74(70)72)69-42-39-48(45-78-69)81-62-32-14-5-23-53(62)54-24-6-15-33-63(54)81;1-4-5-6(2)3;1-3-5-4-2/h1-4,7-14,16-22,24-45H,5-6,15,23H2;4-5H,2H2,1,3H3;3,5H,4H2,1-2H3/b;5-4-;5-3-. The monoisotopic (exact) mass is 1230 g/mol. The van der Waals surface area contributed by atoms with Crippen LogP contribution in [0.4, 0.5) is 0 Å². The molecule has 0 spiro atoms. The third-order valence-electron chi connectivity index (χ3n) is 19.2. The average molecular weight is 1230 g/mol. The third-order valence-corrected chi connectivity index (χ3v) is 19.2. The molecule has 9 aromatic heterocycles. The van der Waals surface area contributed by atoms with Gasteiger partial charge in [0.15, 0.2) is 0 Å². The molecule has 9 heterocycles. The minimum atomic E-state index is 0.823. The van der Waals surface area contributed by atoms with Gasteiger partial charge in [0, 0.05) is 64.9 Å².